The van der Waals surface area contributed by atoms with Gasteiger partial charge in [0.1, 0.15) is 11.1 Å². The number of aryl methyl sites for hydroxylation is 2. The molecule has 1 saturated heterocycles. The first-order chi connectivity index (χ1) is 18.5. The molecule has 3 N–H and O–H groups in total. The average molecular weight is 560 g/mol. The third-order valence-corrected chi connectivity index (χ3v) is 9.84. The Bertz CT molecular complexity index is 1790. The lowest BCUT2D eigenvalue weighted by molar-refractivity contribution is 0.00578. The highest BCUT2D eigenvalue weighted by Crippen LogP contribution is 2.38. The van der Waals surface area contributed by atoms with Gasteiger partial charge in [-0.2, -0.15) is 0 Å². The number of carbonyl (C=O) groups excluding carboxylic acids is 1. The summed E-state index contributed by atoms with van der Waals surface area (Å²) in [6.45, 7) is 15.1. The largest absolute Gasteiger partial charge is 0.517 e. The van der Waals surface area contributed by atoms with Crippen LogP contribution < -0.4 is 11.3 Å². The average Bonchev–Trinajstić information content (AvgIpc) is 3.36. The number of amides is 1. The lowest BCUT2D eigenvalue weighted by Gasteiger charge is -2.32. The molecule has 3 heterocycles. The second-order valence-corrected chi connectivity index (χ2v) is 13.3. The molecular formula is C29H33BN4O5S. The monoisotopic (exact) mass is 560 g/mol. The SMILES string of the molecule is Cc1cccc(S(=O)(=O)c2nc3[nH]cc(-c4c(C)cc(C(N)=O)c(C)c4C)c3nc2B2OC(C)(C)C(C)(C)O2)c1. The fraction of sp³-hybridized carbons (Fsp3) is 0.345. The fourth-order valence-corrected chi connectivity index (χ4v) is 6.52. The molecule has 0 radical (unpaired) electrons. The molecule has 0 unspecified atom stereocenters. The zero-order valence-electron chi connectivity index (χ0n) is 24.0. The summed E-state index contributed by atoms with van der Waals surface area (Å²) in [4.78, 5) is 24.8. The van der Waals surface area contributed by atoms with E-state index in [0.29, 0.717) is 22.3 Å². The van der Waals surface area contributed by atoms with Crippen molar-refractivity contribution in [2.75, 3.05) is 0 Å². The number of primary amides is 1. The second kappa shape index (κ2) is 9.26. The van der Waals surface area contributed by atoms with Crippen LogP contribution in [0, 0.1) is 27.7 Å². The van der Waals surface area contributed by atoms with Gasteiger partial charge in [0, 0.05) is 17.3 Å². The number of rotatable bonds is 5. The number of fused-ring (bicyclic) bond motifs is 1. The van der Waals surface area contributed by atoms with E-state index < -0.39 is 34.1 Å². The molecule has 0 saturated carbocycles. The predicted molar refractivity (Wildman–Crippen MR) is 154 cm³/mol. The van der Waals surface area contributed by atoms with Crippen LogP contribution >= 0.6 is 0 Å². The van der Waals surface area contributed by atoms with Gasteiger partial charge in [0.05, 0.1) is 16.1 Å². The normalized spacial score (nSPS) is 16.6. The van der Waals surface area contributed by atoms with Crippen molar-refractivity contribution in [3.63, 3.8) is 0 Å². The summed E-state index contributed by atoms with van der Waals surface area (Å²) in [5, 5.41) is -0.230. The van der Waals surface area contributed by atoms with Crippen molar-refractivity contribution in [1.29, 1.82) is 0 Å². The van der Waals surface area contributed by atoms with E-state index in [9.17, 15) is 13.2 Å². The smallest absolute Gasteiger partial charge is 0.398 e. The van der Waals surface area contributed by atoms with E-state index in [1.807, 2.05) is 61.5 Å². The molecule has 1 aliphatic heterocycles. The van der Waals surface area contributed by atoms with Crippen LogP contribution in [0.5, 0.6) is 0 Å². The van der Waals surface area contributed by atoms with Crippen molar-refractivity contribution in [2.45, 2.75) is 76.5 Å². The number of aromatic amines is 1. The predicted octanol–water partition coefficient (Wildman–Crippen LogP) is 4.09. The van der Waals surface area contributed by atoms with Crippen molar-refractivity contribution in [3.8, 4) is 11.1 Å². The standard InChI is InChI=1S/C29H33BN4O5S/c1-15-10-9-11-19(12-15)40(36,37)27-24(30-38-28(5,6)29(7,8)39-30)33-23-21(14-32-26(23)34-27)22-16(2)13-20(25(31)35)17(3)18(22)4/h9-14H,1-8H3,(H2,31,35)(H,32,34). The van der Waals surface area contributed by atoms with Gasteiger partial charge in [-0.3, -0.25) is 4.79 Å². The van der Waals surface area contributed by atoms with E-state index in [4.69, 9.17) is 20.0 Å². The highest BCUT2D eigenvalue weighted by molar-refractivity contribution is 7.91. The Kier molecular flexibility index (Phi) is 6.48. The van der Waals surface area contributed by atoms with Crippen molar-refractivity contribution >= 4 is 39.6 Å². The van der Waals surface area contributed by atoms with Crippen LogP contribution in [0.25, 0.3) is 22.3 Å². The van der Waals surface area contributed by atoms with E-state index in [1.165, 1.54) is 6.07 Å². The number of nitrogens with zero attached hydrogens (tertiary/aromatic N) is 2. The van der Waals surface area contributed by atoms with Gasteiger partial charge in [0.15, 0.2) is 10.7 Å². The Morgan fingerprint density at radius 2 is 1.62 bits per heavy atom. The number of benzene rings is 2. The number of hydrogen-bond donors (Lipinski definition) is 2. The molecule has 2 aromatic carbocycles. The first-order valence-corrected chi connectivity index (χ1v) is 14.5. The van der Waals surface area contributed by atoms with Gasteiger partial charge in [0.2, 0.25) is 15.7 Å². The minimum absolute atomic E-state index is 0.0780. The van der Waals surface area contributed by atoms with Gasteiger partial charge in [-0.25, -0.2) is 18.4 Å². The summed E-state index contributed by atoms with van der Waals surface area (Å²) in [6, 6.07) is 8.43. The number of hydrogen-bond acceptors (Lipinski definition) is 7. The molecule has 208 valence electrons. The van der Waals surface area contributed by atoms with Crippen molar-refractivity contribution in [3.05, 3.63) is 64.3 Å². The Morgan fingerprint density at radius 3 is 2.23 bits per heavy atom. The van der Waals surface area contributed by atoms with Gasteiger partial charge in [-0.15, -0.1) is 0 Å². The fourth-order valence-electron chi connectivity index (χ4n) is 5.07. The topological polar surface area (TPSA) is 137 Å². The van der Waals surface area contributed by atoms with E-state index in [1.54, 1.807) is 24.4 Å². The maximum atomic E-state index is 14.0. The molecule has 1 fully saturated rings. The maximum absolute atomic E-state index is 14.0. The summed E-state index contributed by atoms with van der Waals surface area (Å²) in [7, 11) is -5.16. The summed E-state index contributed by atoms with van der Waals surface area (Å²) in [6.07, 6.45) is 1.75. The van der Waals surface area contributed by atoms with Crippen LogP contribution in [0.2, 0.25) is 0 Å². The van der Waals surface area contributed by atoms with Crippen LogP contribution in [-0.2, 0) is 19.1 Å². The van der Waals surface area contributed by atoms with Crippen LogP contribution in [0.1, 0.15) is 60.3 Å². The summed E-state index contributed by atoms with van der Waals surface area (Å²) in [5.41, 5.74) is 10.3. The number of H-pyrrole nitrogens is 1. The van der Waals surface area contributed by atoms with Crippen LogP contribution in [0.15, 0.2) is 46.5 Å². The molecule has 4 aromatic rings. The zero-order chi connectivity index (χ0) is 29.4. The summed E-state index contributed by atoms with van der Waals surface area (Å²) >= 11 is 0. The highest BCUT2D eigenvalue weighted by Gasteiger charge is 2.54. The molecule has 0 atom stereocenters. The quantitative estimate of drug-likeness (QED) is 0.351. The number of aromatic nitrogens is 3. The molecule has 0 bridgehead atoms. The minimum Gasteiger partial charge on any atom is -0.398 e. The number of sulfone groups is 1. The van der Waals surface area contributed by atoms with Crippen LogP contribution in [0.4, 0.5) is 0 Å². The van der Waals surface area contributed by atoms with Crippen molar-refractivity contribution in [1.82, 2.24) is 15.0 Å². The summed E-state index contributed by atoms with van der Waals surface area (Å²) in [5.74, 6) is -0.497. The molecule has 5 rings (SSSR count). The Morgan fingerprint density at radius 1 is 0.975 bits per heavy atom. The molecule has 11 heteroatoms. The molecular weight excluding hydrogens is 527 g/mol. The Balaban J connectivity index is 1.79. The first kappa shape index (κ1) is 28.0. The lowest BCUT2D eigenvalue weighted by Crippen LogP contribution is -2.41. The molecule has 0 spiro atoms. The van der Waals surface area contributed by atoms with Gasteiger partial charge >= 0.3 is 7.12 Å². The van der Waals surface area contributed by atoms with Crippen LogP contribution in [0.3, 0.4) is 0 Å². The Hall–Kier alpha value is -3.54. The van der Waals surface area contributed by atoms with Crippen molar-refractivity contribution in [2.24, 2.45) is 5.73 Å². The molecule has 2 aromatic heterocycles. The molecule has 0 aliphatic carbocycles. The second-order valence-electron chi connectivity index (χ2n) is 11.5. The van der Waals surface area contributed by atoms with Crippen LogP contribution in [-0.4, -0.2) is 47.6 Å². The first-order valence-electron chi connectivity index (χ1n) is 13.0. The highest BCUT2D eigenvalue weighted by atomic mass is 32.2. The van der Waals surface area contributed by atoms with E-state index in [-0.39, 0.29) is 15.5 Å². The van der Waals surface area contributed by atoms with Gasteiger partial charge in [-0.05, 0) is 101 Å². The molecule has 1 aliphatic rings. The van der Waals surface area contributed by atoms with Crippen molar-refractivity contribution < 1.29 is 22.5 Å². The minimum atomic E-state index is -4.09. The summed E-state index contributed by atoms with van der Waals surface area (Å²) < 4.78 is 40.5. The molecule has 40 heavy (non-hydrogen) atoms. The maximum Gasteiger partial charge on any atom is 0.517 e. The Labute approximate surface area is 234 Å². The third kappa shape index (κ3) is 4.33. The zero-order valence-corrected chi connectivity index (χ0v) is 24.8. The third-order valence-electron chi connectivity index (χ3n) is 8.16. The van der Waals surface area contributed by atoms with Gasteiger partial charge in [0.25, 0.3) is 0 Å². The number of carbonyl (C=O) groups is 1. The number of nitrogens with two attached hydrogens (primary N) is 1. The van der Waals surface area contributed by atoms with Gasteiger partial charge < -0.3 is 20.0 Å². The molecule has 9 nitrogen and oxygen atoms in total. The number of nitrogens with one attached hydrogen (secondary N) is 1. The van der Waals surface area contributed by atoms with E-state index >= 15 is 0 Å². The van der Waals surface area contributed by atoms with E-state index in [2.05, 4.69) is 9.97 Å². The lowest BCUT2D eigenvalue weighted by atomic mass is 9.85. The molecule has 1 amide bonds. The van der Waals surface area contributed by atoms with Gasteiger partial charge in [-0.1, -0.05) is 12.1 Å². The van der Waals surface area contributed by atoms with E-state index in [0.717, 1.165) is 27.8 Å².